The number of hydrogen-bond acceptors (Lipinski definition) is 6. The number of carbonyl (C=O) groups is 1. The molecule has 0 aliphatic heterocycles. The summed E-state index contributed by atoms with van der Waals surface area (Å²) in [6, 6.07) is 11.3. The van der Waals surface area contributed by atoms with Crippen LogP contribution in [0.15, 0.2) is 48.8 Å². The summed E-state index contributed by atoms with van der Waals surface area (Å²) < 4.78 is 1.56. The molecule has 2 aromatic carbocycles. The molecule has 0 bridgehead atoms. The summed E-state index contributed by atoms with van der Waals surface area (Å²) in [5.41, 5.74) is 9.19. The van der Waals surface area contributed by atoms with Gasteiger partial charge in [-0.3, -0.25) is 4.79 Å². The van der Waals surface area contributed by atoms with Crippen LogP contribution in [0.3, 0.4) is 0 Å². The number of aromatic nitrogens is 4. The highest BCUT2D eigenvalue weighted by Gasteiger charge is 2.19. The Morgan fingerprint density at radius 2 is 2.00 bits per heavy atom. The minimum Gasteiger partial charge on any atom is -0.382 e. The summed E-state index contributed by atoms with van der Waals surface area (Å²) in [7, 11) is 0. The number of nitrogens with one attached hydrogen (secondary N) is 1. The van der Waals surface area contributed by atoms with Crippen LogP contribution in [0.2, 0.25) is 10.0 Å². The second-order valence-corrected chi connectivity index (χ2v) is 7.41. The summed E-state index contributed by atoms with van der Waals surface area (Å²) in [6.07, 6.45) is -0.000823. The van der Waals surface area contributed by atoms with Gasteiger partial charge in [0.05, 0.1) is 16.4 Å². The van der Waals surface area contributed by atoms with Gasteiger partial charge in [-0.1, -0.05) is 35.3 Å². The lowest BCUT2D eigenvalue weighted by Crippen LogP contribution is -2.20. The maximum atomic E-state index is 12.4. The molecule has 8 nitrogen and oxygen atoms in total. The number of benzene rings is 2. The first-order valence-corrected chi connectivity index (χ1v) is 9.61. The Bertz CT molecular complexity index is 1270. The van der Waals surface area contributed by atoms with Crippen LogP contribution in [0, 0.1) is 6.92 Å². The van der Waals surface area contributed by atoms with Crippen molar-refractivity contribution in [3.63, 3.8) is 0 Å². The van der Waals surface area contributed by atoms with Gasteiger partial charge in [-0.15, -0.1) is 0 Å². The van der Waals surface area contributed by atoms with Gasteiger partial charge >= 0.3 is 0 Å². The van der Waals surface area contributed by atoms with Crippen molar-refractivity contribution in [3.05, 3.63) is 70.1 Å². The first-order valence-electron chi connectivity index (χ1n) is 8.85. The van der Waals surface area contributed by atoms with Gasteiger partial charge in [0.1, 0.15) is 17.4 Å². The molecule has 0 saturated heterocycles. The van der Waals surface area contributed by atoms with Crippen molar-refractivity contribution in [2.75, 3.05) is 11.1 Å². The lowest BCUT2D eigenvalue weighted by atomic mass is 10.1. The summed E-state index contributed by atoms with van der Waals surface area (Å²) in [5, 5.41) is 18.1. The minimum absolute atomic E-state index is 0.277. The van der Waals surface area contributed by atoms with Gasteiger partial charge in [0.15, 0.2) is 11.9 Å². The van der Waals surface area contributed by atoms with E-state index in [2.05, 4.69) is 20.4 Å². The fraction of sp³-hybridized carbons (Fsp3) is 0.100. The van der Waals surface area contributed by atoms with Crippen LogP contribution in [0.25, 0.3) is 16.7 Å². The fourth-order valence-electron chi connectivity index (χ4n) is 3.08. The third-order valence-electron chi connectivity index (χ3n) is 4.51. The quantitative estimate of drug-likeness (QED) is 0.443. The first kappa shape index (κ1) is 20.1. The molecule has 0 radical (unpaired) electrons. The highest BCUT2D eigenvalue weighted by atomic mass is 35.5. The summed E-state index contributed by atoms with van der Waals surface area (Å²) in [4.78, 5) is 20.6. The van der Waals surface area contributed by atoms with Crippen molar-refractivity contribution in [3.8, 4) is 5.69 Å². The molecule has 4 rings (SSSR count). The van der Waals surface area contributed by atoms with E-state index in [1.165, 1.54) is 12.4 Å². The summed E-state index contributed by atoms with van der Waals surface area (Å²) >= 11 is 12.4. The van der Waals surface area contributed by atoms with Crippen molar-refractivity contribution in [1.82, 2.24) is 19.7 Å². The normalized spacial score (nSPS) is 12.1. The number of rotatable bonds is 4. The Morgan fingerprint density at radius 1 is 1.20 bits per heavy atom. The largest absolute Gasteiger partial charge is 0.382 e. The third kappa shape index (κ3) is 3.68. The second-order valence-electron chi connectivity index (χ2n) is 6.57. The number of amides is 1. The Balaban J connectivity index is 1.62. The zero-order valence-corrected chi connectivity index (χ0v) is 17.2. The molecule has 30 heavy (non-hydrogen) atoms. The zero-order chi connectivity index (χ0) is 21.4. The molecule has 1 unspecified atom stereocenters. The van der Waals surface area contributed by atoms with E-state index in [4.69, 9.17) is 28.9 Å². The summed E-state index contributed by atoms with van der Waals surface area (Å²) in [5.74, 6) is -0.335. The average Bonchev–Trinajstić information content (AvgIpc) is 3.05. The number of aliphatic hydroxyl groups excluding tert-OH is 1. The molecule has 0 spiro atoms. The molecule has 2 aromatic heterocycles. The van der Waals surface area contributed by atoms with Crippen LogP contribution in [-0.2, 0) is 4.79 Å². The minimum atomic E-state index is -1.38. The zero-order valence-electron chi connectivity index (χ0n) is 15.7. The van der Waals surface area contributed by atoms with Crippen molar-refractivity contribution in [2.45, 2.75) is 13.0 Å². The Morgan fingerprint density at radius 3 is 2.73 bits per heavy atom. The highest BCUT2D eigenvalue weighted by molar-refractivity contribution is 6.33. The Labute approximate surface area is 181 Å². The molecule has 1 atom stereocenters. The maximum Gasteiger partial charge on any atom is 0.257 e. The lowest BCUT2D eigenvalue weighted by molar-refractivity contribution is -0.124. The molecule has 10 heteroatoms. The predicted octanol–water partition coefficient (Wildman–Crippen LogP) is 3.69. The molecule has 4 N–H and O–H groups in total. The van der Waals surface area contributed by atoms with Crippen LogP contribution in [-0.4, -0.2) is 30.8 Å². The van der Waals surface area contributed by atoms with Crippen molar-refractivity contribution >= 4 is 51.6 Å². The Hall–Kier alpha value is -3.20. The van der Waals surface area contributed by atoms with Gasteiger partial charge in [0.25, 0.3) is 5.91 Å². The average molecular weight is 443 g/mol. The topological polar surface area (TPSA) is 119 Å². The van der Waals surface area contributed by atoms with E-state index in [1.54, 1.807) is 41.1 Å². The number of carbonyl (C=O) groups excluding carboxylic acids is 1. The number of nitrogens with zero attached hydrogens (tertiary/aromatic N) is 4. The second kappa shape index (κ2) is 7.91. The predicted molar refractivity (Wildman–Crippen MR) is 116 cm³/mol. The number of nitrogen functional groups attached to an aromatic ring is 1. The smallest absolute Gasteiger partial charge is 0.257 e. The highest BCUT2D eigenvalue weighted by Crippen LogP contribution is 2.30. The van der Waals surface area contributed by atoms with E-state index in [-0.39, 0.29) is 5.82 Å². The molecule has 0 aliphatic carbocycles. The fourth-order valence-corrected chi connectivity index (χ4v) is 3.54. The first-order chi connectivity index (χ1) is 14.3. The van der Waals surface area contributed by atoms with E-state index in [0.717, 1.165) is 0 Å². The van der Waals surface area contributed by atoms with E-state index in [1.807, 2.05) is 6.92 Å². The molecule has 1 amide bonds. The number of halogens is 2. The van der Waals surface area contributed by atoms with Crippen LogP contribution in [0.1, 0.15) is 17.4 Å². The Kier molecular flexibility index (Phi) is 5.29. The SMILES string of the molecule is Cc1nn(-c2ccc(NC(=O)C(O)c3cccc(Cl)c3)cc2Cl)c2c(N)ncnc12. The molecule has 2 heterocycles. The number of aryl methyl sites for hydroxylation is 1. The number of anilines is 2. The van der Waals surface area contributed by atoms with E-state index in [0.29, 0.717) is 43.7 Å². The third-order valence-corrected chi connectivity index (χ3v) is 5.05. The van der Waals surface area contributed by atoms with E-state index >= 15 is 0 Å². The van der Waals surface area contributed by atoms with E-state index in [9.17, 15) is 9.90 Å². The monoisotopic (exact) mass is 442 g/mol. The van der Waals surface area contributed by atoms with Gasteiger partial charge in [-0.2, -0.15) is 5.10 Å². The molecule has 0 aliphatic rings. The number of nitrogens with two attached hydrogens (primary N) is 1. The molecule has 0 saturated carbocycles. The number of fused-ring (bicyclic) bond motifs is 1. The van der Waals surface area contributed by atoms with Crippen LogP contribution < -0.4 is 11.1 Å². The van der Waals surface area contributed by atoms with Gasteiger partial charge < -0.3 is 16.2 Å². The molecule has 0 fully saturated rings. The van der Waals surface area contributed by atoms with Crippen molar-refractivity contribution in [1.29, 1.82) is 0 Å². The van der Waals surface area contributed by atoms with Crippen LogP contribution in [0.5, 0.6) is 0 Å². The number of hydrogen-bond donors (Lipinski definition) is 3. The van der Waals surface area contributed by atoms with Crippen LogP contribution >= 0.6 is 23.2 Å². The molecular weight excluding hydrogens is 427 g/mol. The summed E-state index contributed by atoms with van der Waals surface area (Å²) in [6.45, 7) is 1.81. The van der Waals surface area contributed by atoms with Gasteiger partial charge in [-0.25, -0.2) is 14.6 Å². The van der Waals surface area contributed by atoms with E-state index < -0.39 is 12.0 Å². The standard InChI is InChI=1S/C20H16Cl2N6O2/c1-10-16-17(19(23)25-9-24-16)28(27-10)15-6-5-13(8-14(15)22)26-20(30)18(29)11-3-2-4-12(21)7-11/h2-9,18,29H,1H3,(H,26,30)(H2,23,24,25). The lowest BCUT2D eigenvalue weighted by Gasteiger charge is -2.13. The van der Waals surface area contributed by atoms with Crippen molar-refractivity contribution in [2.24, 2.45) is 0 Å². The van der Waals surface area contributed by atoms with Gasteiger partial charge in [0, 0.05) is 10.7 Å². The maximum absolute atomic E-state index is 12.4. The molecule has 152 valence electrons. The van der Waals surface area contributed by atoms with Gasteiger partial charge in [-0.05, 0) is 42.8 Å². The van der Waals surface area contributed by atoms with Crippen molar-refractivity contribution < 1.29 is 9.90 Å². The van der Waals surface area contributed by atoms with Gasteiger partial charge in [0.2, 0.25) is 0 Å². The molecular formula is C20H16Cl2N6O2. The van der Waals surface area contributed by atoms with Crippen LogP contribution in [0.4, 0.5) is 11.5 Å². The molecule has 4 aromatic rings. The number of aliphatic hydroxyl groups is 1.